The summed E-state index contributed by atoms with van der Waals surface area (Å²) in [6.07, 6.45) is 0. The molecule has 1 heterocycles. The second-order valence-electron chi connectivity index (χ2n) is 5.42. The van der Waals surface area contributed by atoms with Gasteiger partial charge in [-0.2, -0.15) is 0 Å². The van der Waals surface area contributed by atoms with Crippen molar-refractivity contribution in [2.24, 2.45) is 0 Å². The number of benzene rings is 2. The molecule has 0 bridgehead atoms. The molecular formula is C19H15ClFNO3. The van der Waals surface area contributed by atoms with Crippen LogP contribution < -0.4 is 4.74 Å². The molecule has 0 atom stereocenters. The minimum absolute atomic E-state index is 0.0455. The van der Waals surface area contributed by atoms with Crippen LogP contribution in [-0.4, -0.2) is 17.6 Å². The van der Waals surface area contributed by atoms with Crippen LogP contribution in [0.2, 0.25) is 5.02 Å². The maximum Gasteiger partial charge on any atom is 0.344 e. The SMILES string of the molecule is Cc1c(Cl)c(COC(=O)COc2ccc(F)cc2)nc2ccccc12. The third-order valence-corrected chi connectivity index (χ3v) is 4.19. The number of carbonyl (C=O) groups excluding carboxylic acids is 1. The molecule has 0 fully saturated rings. The summed E-state index contributed by atoms with van der Waals surface area (Å²) in [5.74, 6) is -0.550. The van der Waals surface area contributed by atoms with Gasteiger partial charge in [-0.05, 0) is 42.8 Å². The zero-order valence-corrected chi connectivity index (χ0v) is 14.2. The Labute approximate surface area is 149 Å². The van der Waals surface area contributed by atoms with E-state index in [-0.39, 0.29) is 19.0 Å². The molecule has 0 radical (unpaired) electrons. The van der Waals surface area contributed by atoms with Crippen LogP contribution in [-0.2, 0) is 16.1 Å². The number of carbonyl (C=O) groups is 1. The summed E-state index contributed by atoms with van der Waals surface area (Å²) in [6, 6.07) is 13.0. The summed E-state index contributed by atoms with van der Waals surface area (Å²) < 4.78 is 23.2. The Balaban J connectivity index is 1.63. The van der Waals surface area contributed by atoms with Gasteiger partial charge in [-0.3, -0.25) is 0 Å². The molecule has 1 aromatic heterocycles. The summed E-state index contributed by atoms with van der Waals surface area (Å²) in [5, 5.41) is 1.44. The molecule has 0 spiro atoms. The summed E-state index contributed by atoms with van der Waals surface area (Å²) >= 11 is 6.32. The van der Waals surface area contributed by atoms with Crippen LogP contribution in [0, 0.1) is 12.7 Å². The monoisotopic (exact) mass is 359 g/mol. The van der Waals surface area contributed by atoms with Gasteiger partial charge in [0.25, 0.3) is 0 Å². The van der Waals surface area contributed by atoms with E-state index < -0.39 is 5.97 Å². The first kappa shape index (κ1) is 17.2. The van der Waals surface area contributed by atoms with E-state index in [0.717, 1.165) is 16.5 Å². The van der Waals surface area contributed by atoms with Crippen LogP contribution in [0.5, 0.6) is 5.75 Å². The minimum atomic E-state index is -0.562. The Bertz CT molecular complexity index is 912. The molecule has 6 heteroatoms. The van der Waals surface area contributed by atoms with Crippen molar-refractivity contribution in [3.63, 3.8) is 0 Å². The van der Waals surface area contributed by atoms with Gasteiger partial charge in [0.1, 0.15) is 18.2 Å². The third-order valence-electron chi connectivity index (χ3n) is 3.69. The molecular weight excluding hydrogens is 345 g/mol. The number of nitrogens with zero attached hydrogens (tertiary/aromatic N) is 1. The highest BCUT2D eigenvalue weighted by molar-refractivity contribution is 6.32. The lowest BCUT2D eigenvalue weighted by atomic mass is 10.1. The van der Waals surface area contributed by atoms with Gasteiger partial charge in [0.15, 0.2) is 6.61 Å². The highest BCUT2D eigenvalue weighted by Crippen LogP contribution is 2.27. The first-order chi connectivity index (χ1) is 12.0. The normalized spacial score (nSPS) is 10.7. The van der Waals surface area contributed by atoms with Gasteiger partial charge in [0.2, 0.25) is 0 Å². The average Bonchev–Trinajstić information content (AvgIpc) is 2.63. The first-order valence-electron chi connectivity index (χ1n) is 7.62. The smallest absolute Gasteiger partial charge is 0.344 e. The fourth-order valence-electron chi connectivity index (χ4n) is 2.38. The minimum Gasteiger partial charge on any atom is -0.482 e. The molecule has 4 nitrogen and oxygen atoms in total. The number of hydrogen-bond donors (Lipinski definition) is 0. The van der Waals surface area contributed by atoms with Crippen LogP contribution in [0.25, 0.3) is 10.9 Å². The summed E-state index contributed by atoms with van der Waals surface area (Å²) in [7, 11) is 0. The van der Waals surface area contributed by atoms with Crippen LogP contribution >= 0.6 is 11.6 Å². The fraction of sp³-hybridized carbons (Fsp3) is 0.158. The lowest BCUT2D eigenvalue weighted by molar-refractivity contribution is -0.147. The number of pyridine rings is 1. The van der Waals surface area contributed by atoms with Crippen molar-refractivity contribution in [2.75, 3.05) is 6.61 Å². The molecule has 0 N–H and O–H groups in total. The summed E-state index contributed by atoms with van der Waals surface area (Å²) in [6.45, 7) is 1.57. The molecule has 128 valence electrons. The number of rotatable bonds is 5. The number of aromatic nitrogens is 1. The maximum atomic E-state index is 12.8. The number of hydrogen-bond acceptors (Lipinski definition) is 4. The van der Waals surface area contributed by atoms with Gasteiger partial charge in [0, 0.05) is 5.39 Å². The molecule has 3 rings (SSSR count). The maximum absolute atomic E-state index is 12.8. The predicted octanol–water partition coefficient (Wildman–Crippen LogP) is 4.46. The van der Waals surface area contributed by atoms with Gasteiger partial charge in [-0.15, -0.1) is 0 Å². The van der Waals surface area contributed by atoms with E-state index >= 15 is 0 Å². The van der Waals surface area contributed by atoms with Crippen molar-refractivity contribution in [3.8, 4) is 5.75 Å². The van der Waals surface area contributed by atoms with E-state index in [1.165, 1.54) is 24.3 Å². The van der Waals surface area contributed by atoms with Crippen LogP contribution in [0.1, 0.15) is 11.3 Å². The summed E-state index contributed by atoms with van der Waals surface area (Å²) in [4.78, 5) is 16.3. The largest absolute Gasteiger partial charge is 0.482 e. The molecule has 25 heavy (non-hydrogen) atoms. The number of esters is 1. The van der Waals surface area contributed by atoms with Gasteiger partial charge >= 0.3 is 5.97 Å². The third kappa shape index (κ3) is 4.06. The number of fused-ring (bicyclic) bond motifs is 1. The molecule has 0 saturated carbocycles. The van der Waals surface area contributed by atoms with E-state index in [1.807, 2.05) is 31.2 Å². The Morgan fingerprint density at radius 2 is 1.88 bits per heavy atom. The van der Waals surface area contributed by atoms with E-state index in [0.29, 0.717) is 16.5 Å². The highest BCUT2D eigenvalue weighted by Gasteiger charge is 2.12. The quantitative estimate of drug-likeness (QED) is 0.631. The molecule has 0 aliphatic rings. The van der Waals surface area contributed by atoms with Crippen molar-refractivity contribution < 1.29 is 18.7 Å². The molecule has 0 aliphatic carbocycles. The second kappa shape index (κ2) is 7.49. The summed E-state index contributed by atoms with van der Waals surface area (Å²) in [5.41, 5.74) is 2.17. The van der Waals surface area contributed by atoms with Crippen LogP contribution in [0.15, 0.2) is 48.5 Å². The van der Waals surface area contributed by atoms with Crippen molar-refractivity contribution in [1.29, 1.82) is 0 Å². The highest BCUT2D eigenvalue weighted by atomic mass is 35.5. The van der Waals surface area contributed by atoms with E-state index in [9.17, 15) is 9.18 Å². The zero-order valence-electron chi connectivity index (χ0n) is 13.5. The van der Waals surface area contributed by atoms with Crippen molar-refractivity contribution >= 4 is 28.5 Å². The lowest BCUT2D eigenvalue weighted by Gasteiger charge is -2.11. The van der Waals surface area contributed by atoms with Crippen molar-refractivity contribution in [2.45, 2.75) is 13.5 Å². The molecule has 2 aromatic carbocycles. The van der Waals surface area contributed by atoms with Gasteiger partial charge in [-0.25, -0.2) is 14.2 Å². The van der Waals surface area contributed by atoms with Crippen LogP contribution in [0.3, 0.4) is 0 Å². The lowest BCUT2D eigenvalue weighted by Crippen LogP contribution is -2.15. The van der Waals surface area contributed by atoms with Gasteiger partial charge < -0.3 is 9.47 Å². The predicted molar refractivity (Wildman–Crippen MR) is 93.2 cm³/mol. The standard InChI is InChI=1S/C19H15ClFNO3/c1-12-15-4-2-3-5-16(15)22-17(19(12)20)10-25-18(23)11-24-14-8-6-13(21)7-9-14/h2-9H,10-11H2,1H3. The Kier molecular flexibility index (Phi) is 5.14. The second-order valence-corrected chi connectivity index (χ2v) is 5.80. The Morgan fingerprint density at radius 1 is 1.16 bits per heavy atom. The fourth-order valence-corrected chi connectivity index (χ4v) is 2.58. The number of ether oxygens (including phenoxy) is 2. The van der Waals surface area contributed by atoms with E-state index in [1.54, 1.807) is 0 Å². The van der Waals surface area contributed by atoms with Crippen molar-refractivity contribution in [3.05, 3.63) is 70.6 Å². The Morgan fingerprint density at radius 3 is 2.64 bits per heavy atom. The molecule has 0 saturated heterocycles. The average molecular weight is 360 g/mol. The topological polar surface area (TPSA) is 48.4 Å². The molecule has 0 unspecified atom stereocenters. The van der Waals surface area contributed by atoms with Gasteiger partial charge in [0.05, 0.1) is 16.2 Å². The zero-order chi connectivity index (χ0) is 17.8. The molecule has 3 aromatic rings. The van der Waals surface area contributed by atoms with Crippen molar-refractivity contribution in [1.82, 2.24) is 4.98 Å². The molecule has 0 amide bonds. The van der Waals surface area contributed by atoms with E-state index in [2.05, 4.69) is 4.98 Å². The first-order valence-corrected chi connectivity index (χ1v) is 8.00. The molecule has 0 aliphatic heterocycles. The van der Waals surface area contributed by atoms with Crippen LogP contribution in [0.4, 0.5) is 4.39 Å². The number of para-hydroxylation sites is 1. The Hall–Kier alpha value is -2.66. The van der Waals surface area contributed by atoms with E-state index in [4.69, 9.17) is 21.1 Å². The number of halogens is 2. The number of aryl methyl sites for hydroxylation is 1. The van der Waals surface area contributed by atoms with Gasteiger partial charge in [-0.1, -0.05) is 29.8 Å².